The molecule has 4 nitrogen and oxygen atoms in total. The number of nitrogens with one attached hydrogen (secondary N) is 1. The van der Waals surface area contributed by atoms with Crippen molar-refractivity contribution in [2.45, 2.75) is 26.4 Å². The van der Waals surface area contributed by atoms with E-state index in [4.69, 9.17) is 5.73 Å². The first kappa shape index (κ1) is 15.4. The Bertz CT molecular complexity index is 660. The van der Waals surface area contributed by atoms with Gasteiger partial charge in [-0.1, -0.05) is 18.8 Å². The van der Waals surface area contributed by atoms with Crippen LogP contribution >= 0.6 is 11.3 Å². The first-order chi connectivity index (χ1) is 10.3. The third kappa shape index (κ3) is 3.97. The van der Waals surface area contributed by atoms with Crippen LogP contribution in [0.1, 0.15) is 34.3 Å². The van der Waals surface area contributed by atoms with Crippen LogP contribution in [0, 0.1) is 11.8 Å². The van der Waals surface area contributed by atoms with E-state index in [2.05, 4.69) is 24.1 Å². The highest BCUT2D eigenvalue weighted by atomic mass is 32.1. The van der Waals surface area contributed by atoms with Gasteiger partial charge in [0.1, 0.15) is 5.69 Å². The second-order valence-electron chi connectivity index (χ2n) is 4.53. The van der Waals surface area contributed by atoms with Gasteiger partial charge in [0.15, 0.2) is 0 Å². The number of hydrogen-bond acceptors (Lipinski definition) is 3. The quantitative estimate of drug-likeness (QED) is 0.832. The van der Waals surface area contributed by atoms with Gasteiger partial charge in [0.2, 0.25) is 0 Å². The lowest BCUT2D eigenvalue weighted by molar-refractivity contribution is 0.0942. The van der Waals surface area contributed by atoms with Gasteiger partial charge in [-0.2, -0.15) is 0 Å². The number of rotatable bonds is 5. The third-order valence-corrected chi connectivity index (χ3v) is 3.93. The van der Waals surface area contributed by atoms with Crippen LogP contribution in [0.3, 0.4) is 0 Å². The molecule has 5 heteroatoms. The Balaban J connectivity index is 2.01. The first-order valence-electron chi connectivity index (χ1n) is 6.95. The van der Waals surface area contributed by atoms with Gasteiger partial charge in [0, 0.05) is 23.2 Å². The van der Waals surface area contributed by atoms with Gasteiger partial charge in [-0.3, -0.25) is 4.79 Å². The van der Waals surface area contributed by atoms with Crippen LogP contribution in [0.5, 0.6) is 0 Å². The van der Waals surface area contributed by atoms with Crippen molar-refractivity contribution in [2.75, 3.05) is 6.54 Å². The number of thiophene rings is 1. The summed E-state index contributed by atoms with van der Waals surface area (Å²) in [5.41, 5.74) is 7.02. The average Bonchev–Trinajstić information content (AvgIpc) is 3.12. The molecule has 0 aliphatic rings. The van der Waals surface area contributed by atoms with E-state index in [1.54, 1.807) is 11.3 Å². The molecular formula is C16H19N3OS. The van der Waals surface area contributed by atoms with Crippen molar-refractivity contribution in [1.29, 1.82) is 0 Å². The Morgan fingerprint density at radius 2 is 2.33 bits per heavy atom. The first-order valence-corrected chi connectivity index (χ1v) is 7.83. The van der Waals surface area contributed by atoms with E-state index in [9.17, 15) is 4.79 Å². The third-order valence-electron chi connectivity index (χ3n) is 3.01. The van der Waals surface area contributed by atoms with Gasteiger partial charge < -0.3 is 15.6 Å². The van der Waals surface area contributed by atoms with Crippen LogP contribution in [-0.2, 0) is 13.1 Å². The number of aromatic nitrogens is 1. The highest BCUT2D eigenvalue weighted by molar-refractivity contribution is 7.10. The number of carbonyl (C=O) groups is 1. The summed E-state index contributed by atoms with van der Waals surface area (Å²) in [6.07, 6.45) is 2.93. The van der Waals surface area contributed by atoms with Crippen molar-refractivity contribution in [3.05, 3.63) is 45.9 Å². The Morgan fingerprint density at radius 1 is 1.48 bits per heavy atom. The molecule has 2 aromatic rings. The normalized spacial score (nSPS) is 10.0. The lowest BCUT2D eigenvalue weighted by Gasteiger charge is -2.08. The van der Waals surface area contributed by atoms with Crippen molar-refractivity contribution in [2.24, 2.45) is 5.73 Å². The highest BCUT2D eigenvalue weighted by Gasteiger charge is 2.11. The van der Waals surface area contributed by atoms with E-state index < -0.39 is 0 Å². The van der Waals surface area contributed by atoms with Crippen LogP contribution in [0.2, 0.25) is 0 Å². The molecule has 2 heterocycles. The van der Waals surface area contributed by atoms with E-state index in [0.717, 1.165) is 23.4 Å². The predicted molar refractivity (Wildman–Crippen MR) is 86.1 cm³/mol. The molecule has 0 aliphatic heterocycles. The summed E-state index contributed by atoms with van der Waals surface area (Å²) in [5, 5.41) is 4.93. The standard InChI is InChI=1S/C16H19N3OS/c1-2-9-19-10-4-6-14(19)16(20)18-12-15-13(5-3-8-17)7-11-21-15/h4,6-7,10-11H,2,8-9,12,17H2,1H3,(H,18,20). The van der Waals surface area contributed by atoms with Crippen LogP contribution in [0.25, 0.3) is 0 Å². The zero-order chi connectivity index (χ0) is 15.1. The summed E-state index contributed by atoms with van der Waals surface area (Å²) in [4.78, 5) is 13.3. The maximum Gasteiger partial charge on any atom is 0.268 e. The minimum absolute atomic E-state index is 0.0559. The van der Waals surface area contributed by atoms with E-state index in [0.29, 0.717) is 18.8 Å². The molecule has 21 heavy (non-hydrogen) atoms. The smallest absolute Gasteiger partial charge is 0.268 e. The number of nitrogens with zero attached hydrogens (tertiary/aromatic N) is 1. The zero-order valence-corrected chi connectivity index (χ0v) is 12.9. The summed E-state index contributed by atoms with van der Waals surface area (Å²) in [6, 6.07) is 5.69. The van der Waals surface area contributed by atoms with Gasteiger partial charge in [-0.25, -0.2) is 0 Å². The summed E-state index contributed by atoms with van der Waals surface area (Å²) in [5.74, 6) is 5.81. The molecule has 0 saturated heterocycles. The van der Waals surface area contributed by atoms with E-state index in [1.165, 1.54) is 0 Å². The molecule has 1 amide bonds. The van der Waals surface area contributed by atoms with Crippen molar-refractivity contribution in [1.82, 2.24) is 9.88 Å². The highest BCUT2D eigenvalue weighted by Crippen LogP contribution is 2.15. The maximum atomic E-state index is 12.2. The van der Waals surface area contributed by atoms with E-state index in [-0.39, 0.29) is 5.91 Å². The predicted octanol–water partition coefficient (Wildman–Crippen LogP) is 2.20. The molecule has 0 bridgehead atoms. The van der Waals surface area contributed by atoms with Crippen molar-refractivity contribution in [3.63, 3.8) is 0 Å². The molecule has 0 unspecified atom stereocenters. The number of hydrogen-bond donors (Lipinski definition) is 2. The van der Waals surface area contributed by atoms with E-state index >= 15 is 0 Å². The van der Waals surface area contributed by atoms with Gasteiger partial charge in [0.25, 0.3) is 5.91 Å². The molecule has 0 atom stereocenters. The second-order valence-corrected chi connectivity index (χ2v) is 5.53. The summed E-state index contributed by atoms with van der Waals surface area (Å²) >= 11 is 1.59. The lowest BCUT2D eigenvalue weighted by Crippen LogP contribution is -2.25. The molecule has 110 valence electrons. The minimum Gasteiger partial charge on any atom is -0.346 e. The molecular weight excluding hydrogens is 282 g/mol. The van der Waals surface area contributed by atoms with Crippen molar-refractivity contribution >= 4 is 17.2 Å². The van der Waals surface area contributed by atoms with Crippen molar-refractivity contribution < 1.29 is 4.79 Å². The fourth-order valence-electron chi connectivity index (χ4n) is 2.04. The van der Waals surface area contributed by atoms with Gasteiger partial charge in [-0.05, 0) is 30.0 Å². The molecule has 2 rings (SSSR count). The Morgan fingerprint density at radius 3 is 3.10 bits per heavy atom. The largest absolute Gasteiger partial charge is 0.346 e. The maximum absolute atomic E-state index is 12.2. The monoisotopic (exact) mass is 301 g/mol. The molecule has 2 aromatic heterocycles. The summed E-state index contributed by atoms with van der Waals surface area (Å²) < 4.78 is 1.97. The Kier molecular flexibility index (Phi) is 5.61. The van der Waals surface area contributed by atoms with E-state index in [1.807, 2.05) is 34.3 Å². The number of nitrogens with two attached hydrogens (primary N) is 1. The van der Waals surface area contributed by atoms with Crippen LogP contribution < -0.4 is 11.1 Å². The molecule has 0 fully saturated rings. The Labute approximate surface area is 129 Å². The van der Waals surface area contributed by atoms with Crippen LogP contribution in [0.4, 0.5) is 0 Å². The summed E-state index contributed by atoms with van der Waals surface area (Å²) in [6.45, 7) is 3.77. The van der Waals surface area contributed by atoms with Crippen molar-refractivity contribution in [3.8, 4) is 11.8 Å². The molecule has 3 N–H and O–H groups in total. The zero-order valence-electron chi connectivity index (χ0n) is 12.1. The average molecular weight is 301 g/mol. The van der Waals surface area contributed by atoms with Gasteiger partial charge in [0.05, 0.1) is 13.1 Å². The number of carbonyl (C=O) groups excluding carboxylic acids is 1. The Hall–Kier alpha value is -2.03. The minimum atomic E-state index is -0.0559. The molecule has 0 saturated carbocycles. The lowest BCUT2D eigenvalue weighted by atomic mass is 10.2. The molecule has 0 spiro atoms. The summed E-state index contributed by atoms with van der Waals surface area (Å²) in [7, 11) is 0. The second kappa shape index (κ2) is 7.67. The van der Waals surface area contributed by atoms with Gasteiger partial charge in [-0.15, -0.1) is 11.3 Å². The topological polar surface area (TPSA) is 60.0 Å². The van der Waals surface area contributed by atoms with Crippen LogP contribution in [-0.4, -0.2) is 17.0 Å². The SMILES string of the molecule is CCCn1cccc1C(=O)NCc1sccc1C#CCN. The fourth-order valence-corrected chi connectivity index (χ4v) is 2.81. The van der Waals surface area contributed by atoms with Gasteiger partial charge >= 0.3 is 0 Å². The molecule has 0 radical (unpaired) electrons. The number of amides is 1. The van der Waals surface area contributed by atoms with Crippen LogP contribution in [0.15, 0.2) is 29.8 Å². The number of aryl methyl sites for hydroxylation is 1. The molecule has 0 aliphatic carbocycles. The fraction of sp³-hybridized carbons (Fsp3) is 0.312. The molecule has 0 aromatic carbocycles.